The lowest BCUT2D eigenvalue weighted by atomic mass is 10.4. The Kier molecular flexibility index (Phi) is 4.71. The molecule has 0 aromatic carbocycles. The zero-order chi connectivity index (χ0) is 12.6. The summed E-state index contributed by atoms with van der Waals surface area (Å²) in [4.78, 5) is 4.27. The molecule has 0 saturated heterocycles. The van der Waals surface area contributed by atoms with E-state index < -0.39 is 0 Å². The molecule has 0 unspecified atom stereocenters. The van der Waals surface area contributed by atoms with Gasteiger partial charge in [-0.15, -0.1) is 5.10 Å². The molecule has 0 amide bonds. The predicted molar refractivity (Wildman–Crippen MR) is 67.2 cm³/mol. The van der Waals surface area contributed by atoms with Gasteiger partial charge in [0.2, 0.25) is 5.95 Å². The number of hydrogen-bond donors (Lipinski definition) is 1. The summed E-state index contributed by atoms with van der Waals surface area (Å²) in [6.45, 7) is 3.20. The first-order valence-electron chi connectivity index (χ1n) is 5.98. The van der Waals surface area contributed by atoms with Crippen LogP contribution in [0.1, 0.15) is 6.42 Å². The standard InChI is InChI=1S/C11H18N6O/c1-18-10-9-16-7-4-13-11(16)12-3-2-6-17-8-5-14-15-17/h4-5,7-8H,2-3,6,9-10H2,1H3,(H,12,13). The van der Waals surface area contributed by atoms with E-state index in [9.17, 15) is 0 Å². The van der Waals surface area contributed by atoms with Crippen molar-refractivity contribution in [1.29, 1.82) is 0 Å². The Bertz CT molecular complexity index is 438. The molecule has 98 valence electrons. The molecule has 0 saturated carbocycles. The summed E-state index contributed by atoms with van der Waals surface area (Å²) >= 11 is 0. The number of rotatable bonds is 8. The van der Waals surface area contributed by atoms with E-state index in [2.05, 4.69) is 20.6 Å². The number of aromatic nitrogens is 5. The van der Waals surface area contributed by atoms with Gasteiger partial charge >= 0.3 is 0 Å². The van der Waals surface area contributed by atoms with Gasteiger partial charge in [-0.05, 0) is 6.42 Å². The van der Waals surface area contributed by atoms with Crippen molar-refractivity contribution in [3.05, 3.63) is 24.8 Å². The fourth-order valence-corrected chi connectivity index (χ4v) is 1.64. The molecular weight excluding hydrogens is 232 g/mol. The Balaban J connectivity index is 1.71. The zero-order valence-electron chi connectivity index (χ0n) is 10.5. The smallest absolute Gasteiger partial charge is 0.202 e. The third-order valence-electron chi connectivity index (χ3n) is 2.57. The van der Waals surface area contributed by atoms with Gasteiger partial charge in [0.25, 0.3) is 0 Å². The molecule has 0 atom stereocenters. The number of aryl methyl sites for hydroxylation is 1. The van der Waals surface area contributed by atoms with Crippen LogP contribution in [-0.4, -0.2) is 44.8 Å². The molecule has 0 aliphatic rings. The van der Waals surface area contributed by atoms with E-state index in [-0.39, 0.29) is 0 Å². The highest BCUT2D eigenvalue weighted by atomic mass is 16.5. The number of nitrogens with one attached hydrogen (secondary N) is 1. The normalized spacial score (nSPS) is 10.7. The molecule has 7 nitrogen and oxygen atoms in total. The Labute approximate surface area is 106 Å². The maximum Gasteiger partial charge on any atom is 0.202 e. The second-order valence-corrected chi connectivity index (χ2v) is 3.88. The average molecular weight is 250 g/mol. The molecule has 0 aliphatic carbocycles. The molecular formula is C11H18N6O. The largest absolute Gasteiger partial charge is 0.383 e. The summed E-state index contributed by atoms with van der Waals surface area (Å²) in [6, 6.07) is 0. The van der Waals surface area contributed by atoms with E-state index in [1.807, 2.05) is 21.6 Å². The zero-order valence-corrected chi connectivity index (χ0v) is 10.5. The average Bonchev–Trinajstić information content (AvgIpc) is 3.03. The Morgan fingerprint density at radius 2 is 2.22 bits per heavy atom. The van der Waals surface area contributed by atoms with E-state index in [0.29, 0.717) is 6.61 Å². The molecule has 2 heterocycles. The van der Waals surface area contributed by atoms with Crippen LogP contribution < -0.4 is 5.32 Å². The molecule has 0 fully saturated rings. The van der Waals surface area contributed by atoms with Gasteiger partial charge in [0.1, 0.15) is 0 Å². The van der Waals surface area contributed by atoms with Crippen molar-refractivity contribution in [3.8, 4) is 0 Å². The van der Waals surface area contributed by atoms with Gasteiger partial charge in [0.05, 0.1) is 12.8 Å². The van der Waals surface area contributed by atoms with Crippen molar-refractivity contribution < 1.29 is 4.74 Å². The minimum absolute atomic E-state index is 0.685. The Morgan fingerprint density at radius 1 is 1.28 bits per heavy atom. The van der Waals surface area contributed by atoms with Crippen LogP contribution in [0.25, 0.3) is 0 Å². The minimum Gasteiger partial charge on any atom is -0.383 e. The van der Waals surface area contributed by atoms with Crippen molar-refractivity contribution in [2.45, 2.75) is 19.5 Å². The number of imidazole rings is 1. The highest BCUT2D eigenvalue weighted by molar-refractivity contribution is 5.25. The topological polar surface area (TPSA) is 69.8 Å². The van der Waals surface area contributed by atoms with Gasteiger partial charge in [-0.2, -0.15) is 0 Å². The maximum absolute atomic E-state index is 5.05. The molecule has 0 spiro atoms. The van der Waals surface area contributed by atoms with Crippen LogP contribution in [0.5, 0.6) is 0 Å². The molecule has 2 aromatic rings. The first-order valence-corrected chi connectivity index (χ1v) is 5.98. The number of hydrogen-bond acceptors (Lipinski definition) is 5. The number of nitrogens with zero attached hydrogens (tertiary/aromatic N) is 5. The number of ether oxygens (including phenoxy) is 1. The van der Waals surface area contributed by atoms with Gasteiger partial charge < -0.3 is 14.6 Å². The summed E-state index contributed by atoms with van der Waals surface area (Å²) in [6.07, 6.45) is 8.25. The van der Waals surface area contributed by atoms with Gasteiger partial charge in [-0.25, -0.2) is 4.98 Å². The number of anilines is 1. The molecule has 2 rings (SSSR count). The van der Waals surface area contributed by atoms with Gasteiger partial charge in [-0.1, -0.05) is 5.21 Å². The van der Waals surface area contributed by atoms with E-state index in [1.165, 1.54) is 0 Å². The maximum atomic E-state index is 5.05. The SMILES string of the molecule is COCCn1ccnc1NCCCn1ccnn1. The highest BCUT2D eigenvalue weighted by Crippen LogP contribution is 2.04. The van der Waals surface area contributed by atoms with Gasteiger partial charge in [0.15, 0.2) is 0 Å². The first kappa shape index (κ1) is 12.6. The van der Waals surface area contributed by atoms with Crippen LogP contribution in [0, 0.1) is 0 Å². The third-order valence-corrected chi connectivity index (χ3v) is 2.57. The van der Waals surface area contributed by atoms with E-state index in [0.717, 1.165) is 32.0 Å². The molecule has 0 bridgehead atoms. The lowest BCUT2D eigenvalue weighted by Gasteiger charge is -2.09. The summed E-state index contributed by atoms with van der Waals surface area (Å²) in [5, 5.41) is 11.0. The molecule has 1 N–H and O–H groups in total. The van der Waals surface area contributed by atoms with E-state index in [1.54, 1.807) is 19.5 Å². The van der Waals surface area contributed by atoms with Crippen LogP contribution >= 0.6 is 0 Å². The lowest BCUT2D eigenvalue weighted by molar-refractivity contribution is 0.187. The van der Waals surface area contributed by atoms with Gasteiger partial charge in [-0.3, -0.25) is 4.68 Å². The van der Waals surface area contributed by atoms with Gasteiger partial charge in [0, 0.05) is 45.3 Å². The quantitative estimate of drug-likeness (QED) is 0.696. The van der Waals surface area contributed by atoms with Crippen LogP contribution in [0.2, 0.25) is 0 Å². The molecule has 18 heavy (non-hydrogen) atoms. The number of methoxy groups -OCH3 is 1. The Morgan fingerprint density at radius 3 is 3.00 bits per heavy atom. The van der Waals surface area contributed by atoms with Crippen LogP contribution in [0.4, 0.5) is 5.95 Å². The summed E-state index contributed by atoms with van der Waals surface area (Å²) in [7, 11) is 1.70. The van der Waals surface area contributed by atoms with Crippen molar-refractivity contribution in [2.24, 2.45) is 0 Å². The van der Waals surface area contributed by atoms with Crippen molar-refractivity contribution in [3.63, 3.8) is 0 Å². The highest BCUT2D eigenvalue weighted by Gasteiger charge is 2.01. The van der Waals surface area contributed by atoms with Crippen molar-refractivity contribution in [1.82, 2.24) is 24.5 Å². The van der Waals surface area contributed by atoms with Crippen molar-refractivity contribution in [2.75, 3.05) is 25.6 Å². The van der Waals surface area contributed by atoms with E-state index >= 15 is 0 Å². The summed E-state index contributed by atoms with van der Waals surface area (Å²) < 4.78 is 8.91. The Hall–Kier alpha value is -1.89. The monoisotopic (exact) mass is 250 g/mol. The second kappa shape index (κ2) is 6.75. The lowest BCUT2D eigenvalue weighted by Crippen LogP contribution is -2.12. The third kappa shape index (κ3) is 3.56. The molecule has 0 aliphatic heterocycles. The summed E-state index contributed by atoms with van der Waals surface area (Å²) in [5.41, 5.74) is 0. The fourth-order valence-electron chi connectivity index (χ4n) is 1.64. The molecule has 0 radical (unpaired) electrons. The first-order chi connectivity index (χ1) is 8.90. The van der Waals surface area contributed by atoms with E-state index in [4.69, 9.17) is 4.74 Å². The molecule has 2 aromatic heterocycles. The van der Waals surface area contributed by atoms with Crippen LogP contribution in [0.3, 0.4) is 0 Å². The minimum atomic E-state index is 0.685. The predicted octanol–water partition coefficient (Wildman–Crippen LogP) is 0.623. The molecule has 7 heteroatoms. The van der Waals surface area contributed by atoms with Crippen molar-refractivity contribution >= 4 is 5.95 Å². The van der Waals surface area contributed by atoms with Crippen LogP contribution in [-0.2, 0) is 17.8 Å². The van der Waals surface area contributed by atoms with Crippen LogP contribution in [0.15, 0.2) is 24.8 Å². The second-order valence-electron chi connectivity index (χ2n) is 3.88. The fraction of sp³-hybridized carbons (Fsp3) is 0.545. The summed E-state index contributed by atoms with van der Waals surface area (Å²) in [5.74, 6) is 0.880.